The van der Waals surface area contributed by atoms with Gasteiger partial charge in [-0.1, -0.05) is 30.3 Å². The van der Waals surface area contributed by atoms with Gasteiger partial charge in [0.1, 0.15) is 6.54 Å². The number of carbonyl (C=O) groups is 2. The Kier molecular flexibility index (Phi) is 3.92. The van der Waals surface area contributed by atoms with Crippen LogP contribution in [0.5, 0.6) is 0 Å². The third-order valence-electron chi connectivity index (χ3n) is 4.31. The third-order valence-corrected chi connectivity index (χ3v) is 4.31. The molecule has 1 aromatic carbocycles. The normalized spacial score (nSPS) is 22.0. The molecule has 0 aliphatic carbocycles. The summed E-state index contributed by atoms with van der Waals surface area (Å²) < 4.78 is 5.42. The Morgan fingerprint density at radius 1 is 1.14 bits per heavy atom. The van der Waals surface area contributed by atoms with Crippen molar-refractivity contribution in [3.05, 3.63) is 35.9 Å². The summed E-state index contributed by atoms with van der Waals surface area (Å²) in [7, 11) is 1.67. The van der Waals surface area contributed by atoms with Crippen LogP contribution in [0.2, 0.25) is 0 Å². The molecule has 2 fully saturated rings. The molecule has 2 aliphatic heterocycles. The molecule has 1 unspecified atom stereocenters. The van der Waals surface area contributed by atoms with Crippen LogP contribution in [0.15, 0.2) is 30.3 Å². The quantitative estimate of drug-likeness (QED) is 0.800. The number of imide groups is 1. The van der Waals surface area contributed by atoms with Crippen LogP contribution < -0.4 is 0 Å². The zero-order chi connectivity index (χ0) is 14.8. The van der Waals surface area contributed by atoms with Crippen molar-refractivity contribution < 1.29 is 14.3 Å². The fraction of sp³-hybridized carbons (Fsp3) is 0.500. The molecule has 0 bridgehead atoms. The standard InChI is InChI=1S/C16H20N2O3/c1-17-11-14(19)18(16(17)20)15(12-5-3-2-4-6-12)13-7-9-21-10-8-13/h2-6,13,15H,7-11H2,1H3. The number of likely N-dealkylation sites (N-methyl/N-ethyl adjacent to an activating group) is 1. The van der Waals surface area contributed by atoms with Gasteiger partial charge in [-0.05, 0) is 24.3 Å². The molecule has 0 spiro atoms. The second-order valence-corrected chi connectivity index (χ2v) is 5.71. The van der Waals surface area contributed by atoms with Crippen molar-refractivity contribution in [2.45, 2.75) is 18.9 Å². The minimum absolute atomic E-state index is 0.108. The van der Waals surface area contributed by atoms with Gasteiger partial charge in [-0.2, -0.15) is 0 Å². The van der Waals surface area contributed by atoms with Gasteiger partial charge < -0.3 is 9.64 Å². The van der Waals surface area contributed by atoms with E-state index in [2.05, 4.69) is 0 Å². The first-order valence-electron chi connectivity index (χ1n) is 7.38. The number of benzene rings is 1. The Morgan fingerprint density at radius 3 is 2.38 bits per heavy atom. The van der Waals surface area contributed by atoms with Gasteiger partial charge in [-0.3, -0.25) is 9.69 Å². The van der Waals surface area contributed by atoms with Crippen LogP contribution in [0, 0.1) is 5.92 Å². The molecule has 0 aromatic heterocycles. The smallest absolute Gasteiger partial charge is 0.327 e. The molecule has 0 saturated carbocycles. The topological polar surface area (TPSA) is 49.9 Å². The fourth-order valence-electron chi connectivity index (χ4n) is 3.23. The van der Waals surface area contributed by atoms with E-state index in [9.17, 15) is 9.59 Å². The number of rotatable bonds is 3. The van der Waals surface area contributed by atoms with Gasteiger partial charge in [0.2, 0.25) is 0 Å². The van der Waals surface area contributed by atoms with Crippen LogP contribution in [0.25, 0.3) is 0 Å². The van der Waals surface area contributed by atoms with E-state index in [1.54, 1.807) is 7.05 Å². The summed E-state index contributed by atoms with van der Waals surface area (Å²) in [6.45, 7) is 1.56. The summed E-state index contributed by atoms with van der Waals surface area (Å²) in [5.74, 6) is 0.156. The summed E-state index contributed by atoms with van der Waals surface area (Å²) in [5, 5.41) is 0. The second kappa shape index (κ2) is 5.85. The Labute approximate surface area is 124 Å². The highest BCUT2D eigenvalue weighted by atomic mass is 16.5. The number of nitrogens with zero attached hydrogens (tertiary/aromatic N) is 2. The third kappa shape index (κ3) is 2.65. The number of carbonyl (C=O) groups excluding carboxylic acids is 2. The van der Waals surface area contributed by atoms with Gasteiger partial charge in [0, 0.05) is 20.3 Å². The number of ether oxygens (including phenoxy) is 1. The lowest BCUT2D eigenvalue weighted by atomic mass is 9.86. The van der Waals surface area contributed by atoms with Gasteiger partial charge in [0.05, 0.1) is 6.04 Å². The highest BCUT2D eigenvalue weighted by molar-refractivity contribution is 6.02. The lowest BCUT2D eigenvalue weighted by Gasteiger charge is -2.35. The molecule has 1 atom stereocenters. The minimum atomic E-state index is -0.194. The Hall–Kier alpha value is -1.88. The highest BCUT2D eigenvalue weighted by Gasteiger charge is 2.42. The summed E-state index contributed by atoms with van der Waals surface area (Å²) in [5.41, 5.74) is 1.03. The van der Waals surface area contributed by atoms with Crippen molar-refractivity contribution in [3.63, 3.8) is 0 Å². The predicted molar refractivity (Wildman–Crippen MR) is 77.6 cm³/mol. The Bertz CT molecular complexity index is 526. The van der Waals surface area contributed by atoms with E-state index in [0.717, 1.165) is 18.4 Å². The van der Waals surface area contributed by atoms with E-state index in [4.69, 9.17) is 4.74 Å². The van der Waals surface area contributed by atoms with Crippen LogP contribution in [0.4, 0.5) is 4.79 Å². The molecule has 2 saturated heterocycles. The largest absolute Gasteiger partial charge is 0.381 e. The van der Waals surface area contributed by atoms with Crippen molar-refractivity contribution in [2.24, 2.45) is 5.92 Å². The number of hydrogen-bond acceptors (Lipinski definition) is 3. The summed E-state index contributed by atoms with van der Waals surface area (Å²) in [6, 6.07) is 9.48. The molecular formula is C16H20N2O3. The van der Waals surface area contributed by atoms with Crippen molar-refractivity contribution in [3.8, 4) is 0 Å². The minimum Gasteiger partial charge on any atom is -0.381 e. The average molecular weight is 288 g/mol. The molecule has 21 heavy (non-hydrogen) atoms. The molecule has 3 rings (SSSR count). The highest BCUT2D eigenvalue weighted by Crippen LogP contribution is 2.37. The molecule has 1 aromatic rings. The van der Waals surface area contributed by atoms with Gasteiger partial charge in [-0.25, -0.2) is 4.79 Å². The number of hydrogen-bond donors (Lipinski definition) is 0. The van der Waals surface area contributed by atoms with E-state index in [1.165, 1.54) is 9.80 Å². The van der Waals surface area contributed by atoms with Crippen LogP contribution >= 0.6 is 0 Å². The van der Waals surface area contributed by atoms with E-state index < -0.39 is 0 Å². The average Bonchev–Trinajstić information content (AvgIpc) is 2.76. The van der Waals surface area contributed by atoms with Gasteiger partial charge in [0.15, 0.2) is 0 Å². The molecule has 5 heteroatoms. The van der Waals surface area contributed by atoms with Gasteiger partial charge >= 0.3 is 6.03 Å². The first kappa shape index (κ1) is 14.1. The predicted octanol–water partition coefficient (Wildman–Crippen LogP) is 2.05. The lowest BCUT2D eigenvalue weighted by Crippen LogP contribution is -2.40. The van der Waals surface area contributed by atoms with Gasteiger partial charge in [0.25, 0.3) is 5.91 Å². The fourth-order valence-corrected chi connectivity index (χ4v) is 3.23. The monoisotopic (exact) mass is 288 g/mol. The molecule has 112 valence electrons. The number of urea groups is 1. The molecule has 0 radical (unpaired) electrons. The summed E-state index contributed by atoms with van der Waals surface area (Å²) in [4.78, 5) is 27.6. The van der Waals surface area contributed by atoms with Crippen LogP contribution in [-0.4, -0.2) is 48.5 Å². The van der Waals surface area contributed by atoms with E-state index >= 15 is 0 Å². The van der Waals surface area contributed by atoms with Crippen LogP contribution in [-0.2, 0) is 9.53 Å². The molecule has 0 N–H and O–H groups in total. The second-order valence-electron chi connectivity index (χ2n) is 5.71. The lowest BCUT2D eigenvalue weighted by molar-refractivity contribution is -0.128. The number of amides is 3. The Morgan fingerprint density at radius 2 is 1.81 bits per heavy atom. The first-order valence-corrected chi connectivity index (χ1v) is 7.38. The van der Waals surface area contributed by atoms with Gasteiger partial charge in [-0.15, -0.1) is 0 Å². The van der Waals surface area contributed by atoms with E-state index in [1.807, 2.05) is 30.3 Å². The van der Waals surface area contributed by atoms with Crippen molar-refractivity contribution in [2.75, 3.05) is 26.8 Å². The molecule has 2 heterocycles. The van der Waals surface area contributed by atoms with Crippen molar-refractivity contribution in [1.82, 2.24) is 9.80 Å². The molecular weight excluding hydrogens is 268 g/mol. The SMILES string of the molecule is CN1CC(=O)N(C(c2ccccc2)C2CCOCC2)C1=O. The zero-order valence-corrected chi connectivity index (χ0v) is 12.2. The maximum absolute atomic E-state index is 12.4. The summed E-state index contributed by atoms with van der Waals surface area (Å²) >= 11 is 0. The van der Waals surface area contributed by atoms with Crippen molar-refractivity contribution in [1.29, 1.82) is 0 Å². The summed E-state index contributed by atoms with van der Waals surface area (Å²) in [6.07, 6.45) is 1.75. The maximum Gasteiger partial charge on any atom is 0.327 e. The molecule has 5 nitrogen and oxygen atoms in total. The van der Waals surface area contributed by atoms with Crippen LogP contribution in [0.1, 0.15) is 24.4 Å². The van der Waals surface area contributed by atoms with Crippen molar-refractivity contribution >= 4 is 11.9 Å². The zero-order valence-electron chi connectivity index (χ0n) is 12.2. The molecule has 2 aliphatic rings. The molecule has 3 amide bonds. The van der Waals surface area contributed by atoms with E-state index in [-0.39, 0.29) is 30.4 Å². The Balaban J connectivity index is 1.96. The van der Waals surface area contributed by atoms with E-state index in [0.29, 0.717) is 13.2 Å². The maximum atomic E-state index is 12.4. The van der Waals surface area contributed by atoms with Crippen LogP contribution in [0.3, 0.4) is 0 Å². The first-order chi connectivity index (χ1) is 10.2.